The Morgan fingerprint density at radius 2 is 2.22 bits per heavy atom. The molecule has 0 radical (unpaired) electrons. The number of thioether (sulfide) groups is 1. The molecule has 0 unspecified atom stereocenters. The maximum Gasteiger partial charge on any atom is 0.342 e. The third kappa shape index (κ3) is 2.06. The van der Waals surface area contributed by atoms with Gasteiger partial charge in [-0.2, -0.15) is 5.10 Å². The molecule has 0 bridgehead atoms. The SMILES string of the molecule is CSc1nn(-c2cccc(C)c2)c(N)c1C(=O)O. The number of carboxylic acid groups (broad SMARTS) is 1. The number of rotatable bonds is 3. The summed E-state index contributed by atoms with van der Waals surface area (Å²) < 4.78 is 1.46. The maximum atomic E-state index is 11.2. The average molecular weight is 263 g/mol. The number of nitrogens with zero attached hydrogens (tertiary/aromatic N) is 2. The standard InChI is InChI=1S/C12H13N3O2S/c1-7-4-3-5-8(6-7)15-10(13)9(12(16)17)11(14-15)18-2/h3-6H,13H2,1-2H3,(H,16,17). The summed E-state index contributed by atoms with van der Waals surface area (Å²) in [5, 5.41) is 13.8. The minimum absolute atomic E-state index is 0.0593. The summed E-state index contributed by atoms with van der Waals surface area (Å²) in [4.78, 5) is 11.2. The van der Waals surface area contributed by atoms with E-state index in [-0.39, 0.29) is 11.4 Å². The van der Waals surface area contributed by atoms with Crippen LogP contribution < -0.4 is 5.73 Å². The molecule has 0 saturated heterocycles. The minimum Gasteiger partial charge on any atom is -0.477 e. The first-order valence-corrected chi connectivity index (χ1v) is 6.50. The predicted molar refractivity (Wildman–Crippen MR) is 71.5 cm³/mol. The first-order valence-electron chi connectivity index (χ1n) is 5.27. The van der Waals surface area contributed by atoms with Crippen LogP contribution in [-0.4, -0.2) is 27.1 Å². The number of nitrogens with two attached hydrogens (primary N) is 1. The van der Waals surface area contributed by atoms with Gasteiger partial charge in [0.25, 0.3) is 0 Å². The molecule has 0 aliphatic carbocycles. The zero-order valence-electron chi connectivity index (χ0n) is 10.0. The molecular weight excluding hydrogens is 250 g/mol. The van der Waals surface area contributed by atoms with E-state index in [2.05, 4.69) is 5.10 Å². The number of aryl methyl sites for hydroxylation is 1. The Hall–Kier alpha value is -1.95. The molecule has 0 aliphatic rings. The van der Waals surface area contributed by atoms with E-state index in [1.165, 1.54) is 16.4 Å². The topological polar surface area (TPSA) is 81.1 Å². The van der Waals surface area contributed by atoms with Crippen LogP contribution >= 0.6 is 11.8 Å². The van der Waals surface area contributed by atoms with E-state index >= 15 is 0 Å². The van der Waals surface area contributed by atoms with Crippen LogP contribution in [0.15, 0.2) is 29.3 Å². The lowest BCUT2D eigenvalue weighted by atomic mass is 10.2. The quantitative estimate of drug-likeness (QED) is 0.829. The molecule has 0 atom stereocenters. The number of carbonyl (C=O) groups is 1. The van der Waals surface area contributed by atoms with Crippen LogP contribution in [0.25, 0.3) is 5.69 Å². The maximum absolute atomic E-state index is 11.2. The van der Waals surface area contributed by atoms with Gasteiger partial charge in [-0.05, 0) is 30.9 Å². The molecule has 1 aromatic heterocycles. The van der Waals surface area contributed by atoms with Gasteiger partial charge < -0.3 is 10.8 Å². The molecule has 5 nitrogen and oxygen atoms in total. The fraction of sp³-hybridized carbons (Fsp3) is 0.167. The van der Waals surface area contributed by atoms with Gasteiger partial charge in [0.1, 0.15) is 16.4 Å². The van der Waals surface area contributed by atoms with Gasteiger partial charge in [-0.25, -0.2) is 9.48 Å². The second-order valence-electron chi connectivity index (χ2n) is 3.83. The Balaban J connectivity index is 2.63. The number of aromatic carboxylic acids is 1. The fourth-order valence-corrected chi connectivity index (χ4v) is 2.27. The number of carboxylic acids is 1. The summed E-state index contributed by atoms with van der Waals surface area (Å²) in [7, 11) is 0. The molecule has 94 valence electrons. The third-order valence-electron chi connectivity index (χ3n) is 2.54. The molecule has 1 aromatic carbocycles. The summed E-state index contributed by atoms with van der Waals surface area (Å²) in [5.74, 6) is -0.909. The van der Waals surface area contributed by atoms with E-state index in [0.29, 0.717) is 5.03 Å². The van der Waals surface area contributed by atoms with Crippen molar-refractivity contribution in [2.24, 2.45) is 0 Å². The molecule has 18 heavy (non-hydrogen) atoms. The van der Waals surface area contributed by atoms with Crippen molar-refractivity contribution >= 4 is 23.5 Å². The first-order chi connectivity index (χ1) is 8.54. The van der Waals surface area contributed by atoms with Crippen molar-refractivity contribution in [2.45, 2.75) is 11.9 Å². The zero-order chi connectivity index (χ0) is 13.3. The number of anilines is 1. The molecule has 0 fully saturated rings. The van der Waals surface area contributed by atoms with Crippen LogP contribution in [0.4, 0.5) is 5.82 Å². The number of benzene rings is 1. The average Bonchev–Trinajstić information content (AvgIpc) is 2.66. The zero-order valence-corrected chi connectivity index (χ0v) is 10.9. The lowest BCUT2D eigenvalue weighted by Gasteiger charge is -2.04. The van der Waals surface area contributed by atoms with Gasteiger partial charge in [0.15, 0.2) is 0 Å². The third-order valence-corrected chi connectivity index (χ3v) is 3.21. The smallest absolute Gasteiger partial charge is 0.342 e. The van der Waals surface area contributed by atoms with Crippen LogP contribution in [0.1, 0.15) is 15.9 Å². The van der Waals surface area contributed by atoms with Crippen molar-refractivity contribution < 1.29 is 9.90 Å². The number of hydrogen-bond acceptors (Lipinski definition) is 4. The van der Waals surface area contributed by atoms with Crippen molar-refractivity contribution in [1.29, 1.82) is 0 Å². The molecule has 0 spiro atoms. The minimum atomic E-state index is -1.06. The van der Waals surface area contributed by atoms with E-state index in [4.69, 9.17) is 10.8 Å². The van der Waals surface area contributed by atoms with Crippen LogP contribution in [0, 0.1) is 6.92 Å². The highest BCUT2D eigenvalue weighted by Crippen LogP contribution is 2.27. The summed E-state index contributed by atoms with van der Waals surface area (Å²) in [6, 6.07) is 7.58. The molecule has 0 amide bonds. The molecular formula is C12H13N3O2S. The van der Waals surface area contributed by atoms with Crippen molar-refractivity contribution in [3.63, 3.8) is 0 Å². The monoisotopic (exact) mass is 263 g/mol. The summed E-state index contributed by atoms with van der Waals surface area (Å²) in [6.07, 6.45) is 1.77. The molecule has 3 N–H and O–H groups in total. The highest BCUT2D eigenvalue weighted by atomic mass is 32.2. The molecule has 2 aromatic rings. The van der Waals surface area contributed by atoms with Gasteiger partial charge in [-0.15, -0.1) is 11.8 Å². The van der Waals surface area contributed by atoms with Gasteiger partial charge in [0.05, 0.1) is 5.69 Å². The van der Waals surface area contributed by atoms with Gasteiger partial charge in [-0.1, -0.05) is 12.1 Å². The normalized spacial score (nSPS) is 10.6. The van der Waals surface area contributed by atoms with E-state index < -0.39 is 5.97 Å². The molecule has 6 heteroatoms. The number of nitrogen functional groups attached to an aromatic ring is 1. The van der Waals surface area contributed by atoms with Crippen molar-refractivity contribution in [1.82, 2.24) is 9.78 Å². The van der Waals surface area contributed by atoms with Crippen molar-refractivity contribution in [3.8, 4) is 5.69 Å². The Labute approximate surface area is 109 Å². The van der Waals surface area contributed by atoms with Crippen molar-refractivity contribution in [2.75, 3.05) is 12.0 Å². The highest BCUT2D eigenvalue weighted by molar-refractivity contribution is 7.98. The van der Waals surface area contributed by atoms with Crippen molar-refractivity contribution in [3.05, 3.63) is 35.4 Å². The Morgan fingerprint density at radius 3 is 2.72 bits per heavy atom. The summed E-state index contributed by atoms with van der Waals surface area (Å²) in [6.45, 7) is 1.96. The molecule has 0 aliphatic heterocycles. The largest absolute Gasteiger partial charge is 0.477 e. The van der Waals surface area contributed by atoms with Crippen LogP contribution in [0.5, 0.6) is 0 Å². The van der Waals surface area contributed by atoms with Gasteiger partial charge in [0, 0.05) is 0 Å². The lowest BCUT2D eigenvalue weighted by molar-refractivity contribution is 0.0694. The summed E-state index contributed by atoms with van der Waals surface area (Å²) in [5.41, 5.74) is 7.75. The highest BCUT2D eigenvalue weighted by Gasteiger charge is 2.21. The van der Waals surface area contributed by atoms with Gasteiger partial charge >= 0.3 is 5.97 Å². The fourth-order valence-electron chi connectivity index (χ4n) is 1.71. The van der Waals surface area contributed by atoms with E-state index in [9.17, 15) is 4.79 Å². The molecule has 0 saturated carbocycles. The Bertz CT molecular complexity index is 607. The van der Waals surface area contributed by atoms with Gasteiger partial charge in [0.2, 0.25) is 0 Å². The second kappa shape index (κ2) is 4.73. The number of aromatic nitrogens is 2. The van der Waals surface area contributed by atoms with E-state index in [1.807, 2.05) is 31.2 Å². The molecule has 2 rings (SSSR count). The summed E-state index contributed by atoms with van der Waals surface area (Å²) >= 11 is 1.26. The first kappa shape index (κ1) is 12.5. The Morgan fingerprint density at radius 1 is 1.50 bits per heavy atom. The Kier molecular flexibility index (Phi) is 3.29. The lowest BCUT2D eigenvalue weighted by Crippen LogP contribution is -2.05. The van der Waals surface area contributed by atoms with Crippen LogP contribution in [0.3, 0.4) is 0 Å². The van der Waals surface area contributed by atoms with Gasteiger partial charge in [-0.3, -0.25) is 0 Å². The second-order valence-corrected chi connectivity index (χ2v) is 4.62. The number of hydrogen-bond donors (Lipinski definition) is 2. The molecule has 1 heterocycles. The van der Waals surface area contributed by atoms with Crippen LogP contribution in [-0.2, 0) is 0 Å². The van der Waals surface area contributed by atoms with Crippen LogP contribution in [0.2, 0.25) is 0 Å². The van der Waals surface area contributed by atoms with E-state index in [0.717, 1.165) is 11.3 Å². The predicted octanol–water partition coefficient (Wildman–Crippen LogP) is 2.18. The van der Waals surface area contributed by atoms with E-state index in [1.54, 1.807) is 6.26 Å².